The number of carbonyl (C=O) groups is 1. The molecule has 3 aliphatic rings. The van der Waals surface area contributed by atoms with E-state index in [2.05, 4.69) is 38.7 Å². The zero-order valence-corrected chi connectivity index (χ0v) is 19.9. The normalized spacial score (nSPS) is 21.6. The number of methoxy groups -OCH3 is 1. The molecule has 0 radical (unpaired) electrons. The Kier molecular flexibility index (Phi) is 6.38. The van der Waals surface area contributed by atoms with Gasteiger partial charge in [0.1, 0.15) is 5.75 Å². The van der Waals surface area contributed by atoms with Crippen molar-refractivity contribution < 1.29 is 9.53 Å². The quantitative estimate of drug-likeness (QED) is 0.715. The number of rotatable bonds is 4. The number of hydrogen-bond acceptors (Lipinski definition) is 6. The summed E-state index contributed by atoms with van der Waals surface area (Å²) in [5, 5.41) is 0. The Hall–Kier alpha value is -2.83. The van der Waals surface area contributed by atoms with Crippen LogP contribution < -0.4 is 14.5 Å². The molecule has 7 nitrogen and oxygen atoms in total. The van der Waals surface area contributed by atoms with Gasteiger partial charge in [0.15, 0.2) is 0 Å². The van der Waals surface area contributed by atoms with Gasteiger partial charge < -0.3 is 19.4 Å². The van der Waals surface area contributed by atoms with Crippen LogP contribution in [-0.4, -0.2) is 67.2 Å². The van der Waals surface area contributed by atoms with E-state index in [0.717, 1.165) is 87.4 Å². The fraction of sp³-hybridized carbons (Fsp3) is 0.577. The molecule has 0 unspecified atom stereocenters. The van der Waals surface area contributed by atoms with Gasteiger partial charge in [-0.25, -0.2) is 9.97 Å². The molecule has 2 aliphatic heterocycles. The average Bonchev–Trinajstić information content (AvgIpc) is 2.88. The molecule has 0 bridgehead atoms. The number of fused-ring (bicyclic) bond motifs is 1. The Bertz CT molecular complexity index is 963. The first kappa shape index (κ1) is 22.0. The third kappa shape index (κ3) is 4.77. The van der Waals surface area contributed by atoms with Gasteiger partial charge in [-0.3, -0.25) is 4.79 Å². The van der Waals surface area contributed by atoms with Gasteiger partial charge in [-0.05, 0) is 67.9 Å². The second kappa shape index (κ2) is 9.57. The van der Waals surface area contributed by atoms with E-state index in [0.29, 0.717) is 5.91 Å². The highest BCUT2D eigenvalue weighted by Gasteiger charge is 2.31. The minimum atomic E-state index is 0.0512. The maximum absolute atomic E-state index is 13.3. The SMILES string of the molecule is COc1ccc(N2CCN(C(=O)[C@@H]3CCc4nc(N5CCC(C)CC5)ncc4C3)CC2)cc1. The Morgan fingerprint density at radius 2 is 1.70 bits per heavy atom. The lowest BCUT2D eigenvalue weighted by atomic mass is 9.86. The molecular weight excluding hydrogens is 414 g/mol. The van der Waals surface area contributed by atoms with E-state index < -0.39 is 0 Å². The van der Waals surface area contributed by atoms with Gasteiger partial charge in [0.25, 0.3) is 0 Å². The highest BCUT2D eigenvalue weighted by Crippen LogP contribution is 2.29. The van der Waals surface area contributed by atoms with E-state index >= 15 is 0 Å². The van der Waals surface area contributed by atoms with Crippen molar-refractivity contribution in [3.05, 3.63) is 41.7 Å². The first-order chi connectivity index (χ1) is 16.1. The van der Waals surface area contributed by atoms with Crippen LogP contribution in [0.15, 0.2) is 30.5 Å². The standard InChI is InChI=1S/C26H35N5O2/c1-19-9-11-31(12-10-19)26-27-18-21-17-20(3-8-24(21)28-26)25(32)30-15-13-29(14-16-30)22-4-6-23(33-2)7-5-22/h4-7,18-20H,3,8-17H2,1-2H3/t20-/m1/s1. The number of benzene rings is 1. The summed E-state index contributed by atoms with van der Waals surface area (Å²) in [4.78, 5) is 29.6. The monoisotopic (exact) mass is 449 g/mol. The van der Waals surface area contributed by atoms with Crippen molar-refractivity contribution in [1.82, 2.24) is 14.9 Å². The van der Waals surface area contributed by atoms with Crippen LogP contribution >= 0.6 is 0 Å². The first-order valence-electron chi connectivity index (χ1n) is 12.4. The molecule has 2 fully saturated rings. The second-order valence-corrected chi connectivity index (χ2v) is 9.76. The van der Waals surface area contributed by atoms with Gasteiger partial charge in [-0.15, -0.1) is 0 Å². The van der Waals surface area contributed by atoms with Gasteiger partial charge in [0.2, 0.25) is 11.9 Å². The molecule has 5 rings (SSSR count). The Labute approximate surface area is 196 Å². The third-order valence-corrected chi connectivity index (χ3v) is 7.58. The fourth-order valence-corrected chi connectivity index (χ4v) is 5.30. The summed E-state index contributed by atoms with van der Waals surface area (Å²) in [6, 6.07) is 8.16. The van der Waals surface area contributed by atoms with Crippen LogP contribution in [0.2, 0.25) is 0 Å². The minimum Gasteiger partial charge on any atom is -0.497 e. The fourth-order valence-electron chi connectivity index (χ4n) is 5.30. The van der Waals surface area contributed by atoms with E-state index in [4.69, 9.17) is 9.72 Å². The van der Waals surface area contributed by atoms with E-state index in [1.54, 1.807) is 7.11 Å². The number of amides is 1. The summed E-state index contributed by atoms with van der Waals surface area (Å²) in [5.74, 6) is 2.88. The maximum Gasteiger partial charge on any atom is 0.226 e. The van der Waals surface area contributed by atoms with Crippen molar-refractivity contribution in [2.45, 2.75) is 39.0 Å². The number of aryl methyl sites for hydroxylation is 1. The van der Waals surface area contributed by atoms with Crippen LogP contribution in [0.4, 0.5) is 11.6 Å². The molecule has 33 heavy (non-hydrogen) atoms. The topological polar surface area (TPSA) is 61.8 Å². The zero-order valence-electron chi connectivity index (χ0n) is 19.9. The van der Waals surface area contributed by atoms with Crippen LogP contribution in [0.1, 0.15) is 37.4 Å². The molecule has 0 saturated carbocycles. The average molecular weight is 450 g/mol. The predicted octanol–water partition coefficient (Wildman–Crippen LogP) is 3.18. The van der Waals surface area contributed by atoms with E-state index in [1.165, 1.54) is 18.5 Å². The largest absolute Gasteiger partial charge is 0.497 e. The lowest BCUT2D eigenvalue weighted by molar-refractivity contribution is -0.136. The van der Waals surface area contributed by atoms with Crippen molar-refractivity contribution >= 4 is 17.5 Å². The van der Waals surface area contributed by atoms with Crippen LogP contribution in [-0.2, 0) is 17.6 Å². The highest BCUT2D eigenvalue weighted by molar-refractivity contribution is 5.80. The van der Waals surface area contributed by atoms with Gasteiger partial charge in [0.05, 0.1) is 7.11 Å². The lowest BCUT2D eigenvalue weighted by Crippen LogP contribution is -2.51. The minimum absolute atomic E-state index is 0.0512. The van der Waals surface area contributed by atoms with Crippen molar-refractivity contribution in [2.75, 3.05) is 56.2 Å². The Morgan fingerprint density at radius 3 is 2.39 bits per heavy atom. The van der Waals surface area contributed by atoms with E-state index in [-0.39, 0.29) is 5.92 Å². The van der Waals surface area contributed by atoms with Crippen LogP contribution in [0.25, 0.3) is 0 Å². The van der Waals surface area contributed by atoms with E-state index in [9.17, 15) is 4.79 Å². The zero-order chi connectivity index (χ0) is 22.8. The second-order valence-electron chi connectivity index (χ2n) is 9.76. The number of anilines is 2. The van der Waals surface area contributed by atoms with Crippen molar-refractivity contribution in [3.63, 3.8) is 0 Å². The molecule has 0 N–H and O–H groups in total. The van der Waals surface area contributed by atoms with E-state index in [1.807, 2.05) is 18.3 Å². The molecule has 1 atom stereocenters. The maximum atomic E-state index is 13.3. The molecule has 3 heterocycles. The summed E-state index contributed by atoms with van der Waals surface area (Å²) in [7, 11) is 1.68. The van der Waals surface area contributed by atoms with Crippen LogP contribution in [0.3, 0.4) is 0 Å². The summed E-state index contributed by atoms with van der Waals surface area (Å²) < 4.78 is 5.26. The molecule has 1 aromatic heterocycles. The van der Waals surface area contributed by atoms with Gasteiger partial charge >= 0.3 is 0 Å². The number of piperazine rings is 1. The molecule has 1 aromatic carbocycles. The third-order valence-electron chi connectivity index (χ3n) is 7.58. The van der Waals surface area contributed by atoms with Crippen LogP contribution in [0.5, 0.6) is 5.75 Å². The molecule has 1 amide bonds. The molecule has 176 valence electrons. The number of carbonyl (C=O) groups excluding carboxylic acids is 1. The smallest absolute Gasteiger partial charge is 0.226 e. The number of piperidine rings is 1. The highest BCUT2D eigenvalue weighted by atomic mass is 16.5. The van der Waals surface area contributed by atoms with Gasteiger partial charge in [-0.1, -0.05) is 6.92 Å². The van der Waals surface area contributed by atoms with Gasteiger partial charge in [0, 0.05) is 62.8 Å². The molecule has 7 heteroatoms. The first-order valence-corrected chi connectivity index (χ1v) is 12.4. The summed E-state index contributed by atoms with van der Waals surface area (Å²) in [6.45, 7) is 7.69. The Morgan fingerprint density at radius 1 is 0.970 bits per heavy atom. The lowest BCUT2D eigenvalue weighted by Gasteiger charge is -2.38. The molecule has 0 spiro atoms. The van der Waals surface area contributed by atoms with Crippen molar-refractivity contribution in [2.24, 2.45) is 11.8 Å². The Balaban J connectivity index is 1.16. The number of nitrogens with zero attached hydrogens (tertiary/aromatic N) is 5. The number of ether oxygens (including phenoxy) is 1. The van der Waals surface area contributed by atoms with Crippen molar-refractivity contribution in [3.8, 4) is 5.75 Å². The number of hydrogen-bond donors (Lipinski definition) is 0. The summed E-state index contributed by atoms with van der Waals surface area (Å²) in [6.07, 6.45) is 6.93. The van der Waals surface area contributed by atoms with Gasteiger partial charge in [-0.2, -0.15) is 0 Å². The molecule has 2 aromatic rings. The molecule has 2 saturated heterocycles. The molecule has 1 aliphatic carbocycles. The predicted molar refractivity (Wildman–Crippen MR) is 130 cm³/mol. The summed E-state index contributed by atoms with van der Waals surface area (Å²) in [5.41, 5.74) is 3.49. The number of aromatic nitrogens is 2. The molecular formula is C26H35N5O2. The van der Waals surface area contributed by atoms with Crippen LogP contribution in [0, 0.1) is 11.8 Å². The summed E-state index contributed by atoms with van der Waals surface area (Å²) >= 11 is 0. The van der Waals surface area contributed by atoms with Crippen molar-refractivity contribution in [1.29, 1.82) is 0 Å².